The standard InChI is InChI=1S/C46H83NO7/c1-6-8-10-12-14-16-17-18-19-20-21-22-23-24-25-26-27-29-31-33-35-37-45(49)54-42(40-52-39-38-43(46(50)51)47(3,4)5)41-53-44(48)36-34-32-30-28-15-13-11-9-7-2/h9,11,15,28,32,34,42-43H,6-8,10,12-14,16-27,29-31,33,35-41H2,1-5H3/b11-9+,28-15+,34-32+. The van der Waals surface area contributed by atoms with Crippen LogP contribution in [0.25, 0.3) is 0 Å². The molecule has 0 saturated carbocycles. The van der Waals surface area contributed by atoms with E-state index in [0.717, 1.165) is 38.5 Å². The first-order valence-corrected chi connectivity index (χ1v) is 22.0. The summed E-state index contributed by atoms with van der Waals surface area (Å²) in [7, 11) is 5.38. The lowest BCUT2D eigenvalue weighted by molar-refractivity contribution is -0.889. The molecule has 0 aliphatic rings. The molecule has 314 valence electrons. The van der Waals surface area contributed by atoms with Gasteiger partial charge in [0.15, 0.2) is 6.10 Å². The second-order valence-electron chi connectivity index (χ2n) is 15.9. The molecule has 54 heavy (non-hydrogen) atoms. The second-order valence-corrected chi connectivity index (χ2v) is 15.9. The average molecular weight is 762 g/mol. The fraction of sp³-hybridized carbons (Fsp3) is 0.804. The van der Waals surface area contributed by atoms with Gasteiger partial charge in [0.05, 0.1) is 46.7 Å². The van der Waals surface area contributed by atoms with Crippen molar-refractivity contribution < 1.29 is 38.2 Å². The van der Waals surface area contributed by atoms with Gasteiger partial charge in [0.2, 0.25) is 0 Å². The highest BCUT2D eigenvalue weighted by molar-refractivity contribution is 5.71. The predicted octanol–water partition coefficient (Wildman–Crippen LogP) is 10.5. The Bertz CT molecular complexity index is 984. The summed E-state index contributed by atoms with van der Waals surface area (Å²) in [6.45, 7) is 4.44. The van der Waals surface area contributed by atoms with Gasteiger partial charge in [-0.1, -0.05) is 179 Å². The number of quaternary nitrogens is 1. The first-order valence-electron chi connectivity index (χ1n) is 22.0. The zero-order valence-corrected chi connectivity index (χ0v) is 35.6. The van der Waals surface area contributed by atoms with Crippen molar-refractivity contribution in [3.63, 3.8) is 0 Å². The van der Waals surface area contributed by atoms with Crippen molar-refractivity contribution in [2.24, 2.45) is 0 Å². The van der Waals surface area contributed by atoms with Gasteiger partial charge in [-0.3, -0.25) is 9.59 Å². The van der Waals surface area contributed by atoms with Gasteiger partial charge in [-0.2, -0.15) is 0 Å². The molecule has 0 bridgehead atoms. The largest absolute Gasteiger partial charge is 0.544 e. The number of esters is 2. The Morgan fingerprint density at radius 2 is 1.02 bits per heavy atom. The van der Waals surface area contributed by atoms with Crippen molar-refractivity contribution in [2.75, 3.05) is 41.0 Å². The number of aliphatic carboxylic acids is 1. The van der Waals surface area contributed by atoms with Crippen LogP contribution in [0.15, 0.2) is 36.5 Å². The van der Waals surface area contributed by atoms with Crippen molar-refractivity contribution >= 4 is 17.9 Å². The lowest BCUT2D eigenvalue weighted by Crippen LogP contribution is -2.55. The van der Waals surface area contributed by atoms with Crippen LogP contribution in [0.3, 0.4) is 0 Å². The van der Waals surface area contributed by atoms with Crippen molar-refractivity contribution in [1.29, 1.82) is 0 Å². The van der Waals surface area contributed by atoms with Crippen molar-refractivity contribution in [3.8, 4) is 0 Å². The molecular formula is C46H83NO7. The van der Waals surface area contributed by atoms with E-state index < -0.39 is 24.1 Å². The molecule has 0 saturated heterocycles. The minimum absolute atomic E-state index is 0.0162. The zero-order valence-electron chi connectivity index (χ0n) is 35.6. The predicted molar refractivity (Wildman–Crippen MR) is 222 cm³/mol. The summed E-state index contributed by atoms with van der Waals surface area (Å²) in [4.78, 5) is 36.6. The Kier molecular flexibility index (Phi) is 35.8. The van der Waals surface area contributed by atoms with Gasteiger partial charge in [-0.15, -0.1) is 0 Å². The van der Waals surface area contributed by atoms with E-state index in [0.29, 0.717) is 6.42 Å². The summed E-state index contributed by atoms with van der Waals surface area (Å²) in [6, 6.07) is -0.734. The molecule has 0 amide bonds. The molecule has 0 aromatic rings. The fourth-order valence-electron chi connectivity index (χ4n) is 6.43. The SMILES string of the molecule is CC/C=C/C/C=C/C/C=C/CC(=O)OCC(COCCC(C(=O)[O-])[N+](C)(C)C)OC(=O)CCCCCCCCCCCCCCCCCCCCCCC. The van der Waals surface area contributed by atoms with Crippen LogP contribution in [0.2, 0.25) is 0 Å². The van der Waals surface area contributed by atoms with Gasteiger partial charge < -0.3 is 28.6 Å². The zero-order chi connectivity index (χ0) is 40.0. The first kappa shape index (κ1) is 51.5. The Morgan fingerprint density at radius 1 is 0.574 bits per heavy atom. The summed E-state index contributed by atoms with van der Waals surface area (Å²) >= 11 is 0. The van der Waals surface area contributed by atoms with Crippen LogP contribution >= 0.6 is 0 Å². The molecular weight excluding hydrogens is 679 g/mol. The van der Waals surface area contributed by atoms with E-state index in [1.165, 1.54) is 116 Å². The molecule has 8 nitrogen and oxygen atoms in total. The minimum Gasteiger partial charge on any atom is -0.544 e. The number of likely N-dealkylation sites (N-methyl/N-ethyl adjacent to an activating group) is 1. The maximum Gasteiger partial charge on any atom is 0.309 e. The summed E-state index contributed by atoms with van der Waals surface area (Å²) < 4.78 is 17.0. The van der Waals surface area contributed by atoms with Crippen LogP contribution < -0.4 is 5.11 Å². The van der Waals surface area contributed by atoms with Crippen LogP contribution in [0.4, 0.5) is 0 Å². The highest BCUT2D eigenvalue weighted by Crippen LogP contribution is 2.16. The summed E-state index contributed by atoms with van der Waals surface area (Å²) in [6.07, 6.45) is 42.2. The van der Waals surface area contributed by atoms with E-state index in [9.17, 15) is 19.5 Å². The summed E-state index contributed by atoms with van der Waals surface area (Å²) in [5.74, 6) is -1.88. The van der Waals surface area contributed by atoms with Gasteiger partial charge in [0, 0.05) is 12.8 Å². The number of hydrogen-bond donors (Lipinski definition) is 0. The molecule has 0 N–H and O–H groups in total. The van der Waals surface area contributed by atoms with Crippen LogP contribution in [-0.4, -0.2) is 75.5 Å². The van der Waals surface area contributed by atoms with E-state index in [-0.39, 0.29) is 43.1 Å². The van der Waals surface area contributed by atoms with Gasteiger partial charge >= 0.3 is 11.9 Å². The monoisotopic (exact) mass is 762 g/mol. The number of carboxylic acids is 1. The average Bonchev–Trinajstić information content (AvgIpc) is 3.12. The van der Waals surface area contributed by atoms with E-state index >= 15 is 0 Å². The number of hydrogen-bond acceptors (Lipinski definition) is 7. The van der Waals surface area contributed by atoms with Crippen LogP contribution in [-0.2, 0) is 28.6 Å². The molecule has 0 heterocycles. The molecule has 0 radical (unpaired) electrons. The molecule has 0 fully saturated rings. The van der Waals surface area contributed by atoms with E-state index in [1.807, 2.05) is 6.08 Å². The van der Waals surface area contributed by atoms with Gasteiger partial charge in [0.25, 0.3) is 0 Å². The van der Waals surface area contributed by atoms with E-state index in [2.05, 4.69) is 38.2 Å². The van der Waals surface area contributed by atoms with Gasteiger partial charge in [-0.05, 0) is 25.7 Å². The Morgan fingerprint density at radius 3 is 1.46 bits per heavy atom. The van der Waals surface area contributed by atoms with E-state index in [4.69, 9.17) is 14.2 Å². The van der Waals surface area contributed by atoms with Crippen molar-refractivity contribution in [1.82, 2.24) is 0 Å². The fourth-order valence-corrected chi connectivity index (χ4v) is 6.43. The number of unbranched alkanes of at least 4 members (excludes halogenated alkanes) is 20. The third-order valence-electron chi connectivity index (χ3n) is 9.82. The maximum atomic E-state index is 12.7. The lowest BCUT2D eigenvalue weighted by atomic mass is 10.0. The van der Waals surface area contributed by atoms with Crippen molar-refractivity contribution in [3.05, 3.63) is 36.5 Å². The number of nitrogens with zero attached hydrogens (tertiary/aromatic N) is 1. The maximum absolute atomic E-state index is 12.7. The Hall–Kier alpha value is -2.45. The molecule has 0 rings (SSSR count). The first-order chi connectivity index (χ1) is 26.1. The van der Waals surface area contributed by atoms with Crippen LogP contribution in [0, 0.1) is 0 Å². The molecule has 0 aliphatic heterocycles. The van der Waals surface area contributed by atoms with Crippen LogP contribution in [0.5, 0.6) is 0 Å². The number of ether oxygens (including phenoxy) is 3. The topological polar surface area (TPSA) is 102 Å². The molecule has 0 aromatic carbocycles. The molecule has 0 aromatic heterocycles. The number of allylic oxidation sites excluding steroid dienone is 5. The number of carbonyl (C=O) groups excluding carboxylic acids is 3. The third-order valence-corrected chi connectivity index (χ3v) is 9.82. The molecule has 0 aliphatic carbocycles. The van der Waals surface area contributed by atoms with Gasteiger partial charge in [0.1, 0.15) is 12.6 Å². The lowest BCUT2D eigenvalue weighted by Gasteiger charge is -2.34. The molecule has 0 spiro atoms. The number of carboxylic acid groups (broad SMARTS) is 1. The Balaban J connectivity index is 4.24. The smallest absolute Gasteiger partial charge is 0.309 e. The van der Waals surface area contributed by atoms with Crippen molar-refractivity contribution in [2.45, 2.75) is 199 Å². The molecule has 2 atom stereocenters. The quantitative estimate of drug-likeness (QED) is 0.0266. The summed E-state index contributed by atoms with van der Waals surface area (Å²) in [5, 5.41) is 11.6. The van der Waals surface area contributed by atoms with Crippen LogP contribution in [0.1, 0.15) is 187 Å². The minimum atomic E-state index is -1.13. The molecule has 2 unspecified atom stereocenters. The third kappa shape index (κ3) is 35.3. The van der Waals surface area contributed by atoms with Gasteiger partial charge in [-0.25, -0.2) is 0 Å². The Labute approximate surface area is 332 Å². The normalized spacial score (nSPS) is 13.3. The number of rotatable bonds is 39. The highest BCUT2D eigenvalue weighted by Gasteiger charge is 2.25. The molecule has 8 heteroatoms. The van der Waals surface area contributed by atoms with E-state index in [1.54, 1.807) is 27.2 Å². The number of carbonyl (C=O) groups is 3. The highest BCUT2D eigenvalue weighted by atomic mass is 16.6. The summed E-state index contributed by atoms with van der Waals surface area (Å²) in [5.41, 5.74) is 0. The second kappa shape index (κ2) is 37.5.